The number of benzene rings is 1. The highest BCUT2D eigenvalue weighted by atomic mass is 32.2. The summed E-state index contributed by atoms with van der Waals surface area (Å²) in [5.74, 6) is -0.392. The summed E-state index contributed by atoms with van der Waals surface area (Å²) >= 11 is 0.858. The van der Waals surface area contributed by atoms with E-state index in [1.54, 1.807) is 30.2 Å². The molecule has 3 aromatic rings. The molecule has 0 aliphatic carbocycles. The summed E-state index contributed by atoms with van der Waals surface area (Å²) in [6.45, 7) is 3.40. The van der Waals surface area contributed by atoms with Gasteiger partial charge in [0.25, 0.3) is 5.91 Å². The average molecular weight is 464 g/mol. The van der Waals surface area contributed by atoms with Crippen molar-refractivity contribution >= 4 is 33.2 Å². The number of nitrogens with one attached hydrogen (secondary N) is 1. The van der Waals surface area contributed by atoms with Gasteiger partial charge in [-0.05, 0) is 37.6 Å². The third-order valence-corrected chi connectivity index (χ3v) is 7.24. The van der Waals surface area contributed by atoms with Gasteiger partial charge in [0.05, 0.1) is 17.3 Å². The molecule has 2 heterocycles. The Labute approximate surface area is 183 Å². The van der Waals surface area contributed by atoms with Gasteiger partial charge in [0.2, 0.25) is 9.84 Å². The number of ether oxygens (including phenoxy) is 1. The summed E-state index contributed by atoms with van der Waals surface area (Å²) in [4.78, 5) is 27.3. The second-order valence-electron chi connectivity index (χ2n) is 6.96. The fourth-order valence-corrected chi connectivity index (χ4v) is 5.27. The van der Waals surface area contributed by atoms with Gasteiger partial charge < -0.3 is 15.8 Å². The van der Waals surface area contributed by atoms with E-state index in [1.807, 2.05) is 13.8 Å². The maximum atomic E-state index is 13.3. The molecular formula is C19H21N5O5S2. The number of carbonyl (C=O) groups excluding carboxylic acids is 2. The minimum absolute atomic E-state index is 0.0471. The third kappa shape index (κ3) is 5.27. The van der Waals surface area contributed by atoms with Crippen LogP contribution in [-0.4, -0.2) is 41.2 Å². The number of aromatic nitrogens is 3. The van der Waals surface area contributed by atoms with Crippen LogP contribution in [0.3, 0.4) is 0 Å². The van der Waals surface area contributed by atoms with Gasteiger partial charge in [0.1, 0.15) is 15.8 Å². The first-order chi connectivity index (χ1) is 14.6. The molecule has 0 aliphatic rings. The van der Waals surface area contributed by atoms with Crippen molar-refractivity contribution in [2.24, 2.45) is 12.8 Å². The first-order valence-electron chi connectivity index (χ1n) is 9.13. The molecule has 3 N–H and O–H groups in total. The molecule has 10 nitrogen and oxygen atoms in total. The summed E-state index contributed by atoms with van der Waals surface area (Å²) in [6, 6.07) is 4.31. The second kappa shape index (κ2) is 8.86. The summed E-state index contributed by atoms with van der Waals surface area (Å²) in [6.07, 6.45) is 3.51. The van der Waals surface area contributed by atoms with Gasteiger partial charge >= 0.3 is 6.09 Å². The highest BCUT2D eigenvalue weighted by Crippen LogP contribution is 2.31. The number of nitrogens with zero attached hydrogens (tertiary/aromatic N) is 3. The minimum atomic E-state index is -3.99. The predicted molar refractivity (Wildman–Crippen MR) is 113 cm³/mol. The SMILES string of the molecule is CC(C)NC(=O)c1cc(-c2cnn(C)c2)cc(S(=O)(=O)c2cnc(COC(N)=O)s2)c1. The molecule has 0 bridgehead atoms. The smallest absolute Gasteiger partial charge is 0.404 e. The molecule has 0 radical (unpaired) electrons. The van der Waals surface area contributed by atoms with Crippen LogP contribution in [0.15, 0.2) is 45.9 Å². The van der Waals surface area contributed by atoms with Gasteiger partial charge in [-0.2, -0.15) is 5.10 Å². The fraction of sp³-hybridized carbons (Fsp3) is 0.263. The maximum Gasteiger partial charge on any atom is 0.404 e. The monoisotopic (exact) mass is 463 g/mol. The van der Waals surface area contributed by atoms with E-state index in [1.165, 1.54) is 18.3 Å². The number of rotatable bonds is 7. The van der Waals surface area contributed by atoms with Crippen LogP contribution in [0.2, 0.25) is 0 Å². The lowest BCUT2D eigenvalue weighted by Gasteiger charge is -2.11. The molecule has 0 atom stereocenters. The molecule has 31 heavy (non-hydrogen) atoms. The second-order valence-corrected chi connectivity index (χ2v) is 10.3. The van der Waals surface area contributed by atoms with Gasteiger partial charge in [-0.25, -0.2) is 18.2 Å². The number of hydrogen-bond donors (Lipinski definition) is 2. The van der Waals surface area contributed by atoms with Gasteiger partial charge in [0, 0.05) is 30.4 Å². The first-order valence-corrected chi connectivity index (χ1v) is 11.4. The van der Waals surface area contributed by atoms with Crippen LogP contribution in [0.5, 0.6) is 0 Å². The molecule has 1 aromatic carbocycles. The van der Waals surface area contributed by atoms with Crippen LogP contribution in [-0.2, 0) is 28.2 Å². The van der Waals surface area contributed by atoms with Crippen molar-refractivity contribution in [2.45, 2.75) is 35.6 Å². The van der Waals surface area contributed by atoms with E-state index in [4.69, 9.17) is 5.73 Å². The minimum Gasteiger partial charge on any atom is -0.442 e. The van der Waals surface area contributed by atoms with E-state index in [2.05, 4.69) is 20.1 Å². The Bertz CT molecular complexity index is 1230. The van der Waals surface area contributed by atoms with Crippen LogP contribution in [0.1, 0.15) is 29.2 Å². The average Bonchev–Trinajstić information content (AvgIpc) is 3.35. The zero-order valence-corrected chi connectivity index (χ0v) is 18.7. The molecule has 0 saturated carbocycles. The van der Waals surface area contributed by atoms with Crippen molar-refractivity contribution in [3.05, 3.63) is 47.4 Å². The van der Waals surface area contributed by atoms with Gasteiger partial charge in [-0.1, -0.05) is 0 Å². The highest BCUT2D eigenvalue weighted by Gasteiger charge is 2.24. The first kappa shape index (κ1) is 22.4. The number of thiazole rings is 1. The molecule has 0 spiro atoms. The lowest BCUT2D eigenvalue weighted by Crippen LogP contribution is -2.30. The molecule has 2 aromatic heterocycles. The molecule has 0 aliphatic heterocycles. The van der Waals surface area contributed by atoms with Crippen molar-refractivity contribution < 1.29 is 22.7 Å². The number of carbonyl (C=O) groups is 2. The molecule has 12 heteroatoms. The molecule has 0 saturated heterocycles. The lowest BCUT2D eigenvalue weighted by atomic mass is 10.1. The number of sulfone groups is 1. The van der Waals surface area contributed by atoms with Gasteiger partial charge in [-0.3, -0.25) is 9.48 Å². The number of hydrogen-bond acceptors (Lipinski definition) is 8. The van der Waals surface area contributed by atoms with Crippen LogP contribution >= 0.6 is 11.3 Å². The zero-order chi connectivity index (χ0) is 22.8. The summed E-state index contributed by atoms with van der Waals surface area (Å²) in [7, 11) is -2.25. The molecule has 0 fully saturated rings. The molecule has 3 rings (SSSR count). The Kier molecular flexibility index (Phi) is 6.41. The number of primary amides is 1. The van der Waals surface area contributed by atoms with E-state index in [0.29, 0.717) is 11.1 Å². The van der Waals surface area contributed by atoms with E-state index >= 15 is 0 Å². The van der Waals surface area contributed by atoms with Crippen molar-refractivity contribution in [1.29, 1.82) is 0 Å². The van der Waals surface area contributed by atoms with Crippen molar-refractivity contribution in [1.82, 2.24) is 20.1 Å². The van der Waals surface area contributed by atoms with Gasteiger partial charge in [-0.15, -0.1) is 11.3 Å². The lowest BCUT2D eigenvalue weighted by molar-refractivity contribution is 0.0943. The summed E-state index contributed by atoms with van der Waals surface area (Å²) in [5.41, 5.74) is 6.33. The quantitative estimate of drug-likeness (QED) is 0.545. The van der Waals surface area contributed by atoms with E-state index in [-0.39, 0.29) is 32.3 Å². The number of nitrogens with two attached hydrogens (primary N) is 1. The Hall–Kier alpha value is -3.25. The normalized spacial score (nSPS) is 11.5. The van der Waals surface area contributed by atoms with Crippen LogP contribution in [0, 0.1) is 0 Å². The largest absolute Gasteiger partial charge is 0.442 e. The Morgan fingerprint density at radius 1 is 1.23 bits per heavy atom. The zero-order valence-electron chi connectivity index (χ0n) is 17.0. The van der Waals surface area contributed by atoms with E-state index in [9.17, 15) is 18.0 Å². The molecule has 0 unspecified atom stereocenters. The standard InChI is InChI=1S/C19H21N5O5S2/c1-11(2)23-18(25)13-4-12(14-7-22-24(3)9-14)5-15(6-13)31(27,28)17-8-21-16(30-17)10-29-19(20)26/h4-9,11H,10H2,1-3H3,(H2,20,26)(H,23,25). The summed E-state index contributed by atoms with van der Waals surface area (Å²) < 4.78 is 32.7. The van der Waals surface area contributed by atoms with E-state index in [0.717, 1.165) is 11.3 Å². The fourth-order valence-electron chi connectivity index (χ4n) is 2.70. The van der Waals surface area contributed by atoms with Crippen LogP contribution in [0.25, 0.3) is 11.1 Å². The van der Waals surface area contributed by atoms with Crippen LogP contribution in [0.4, 0.5) is 4.79 Å². The molecular weight excluding hydrogens is 442 g/mol. The maximum absolute atomic E-state index is 13.3. The van der Waals surface area contributed by atoms with E-state index < -0.39 is 21.8 Å². The number of aryl methyl sites for hydroxylation is 1. The summed E-state index contributed by atoms with van der Waals surface area (Å²) in [5, 5.41) is 7.16. The Balaban J connectivity index is 2.06. The Morgan fingerprint density at radius 3 is 2.58 bits per heavy atom. The van der Waals surface area contributed by atoms with Gasteiger partial charge in [0.15, 0.2) is 0 Å². The topological polar surface area (TPSA) is 146 Å². The van der Waals surface area contributed by atoms with Crippen molar-refractivity contribution in [2.75, 3.05) is 0 Å². The molecule has 164 valence electrons. The third-order valence-electron chi connectivity index (χ3n) is 4.07. The van der Waals surface area contributed by atoms with Crippen molar-refractivity contribution in [3.63, 3.8) is 0 Å². The number of amides is 2. The highest BCUT2D eigenvalue weighted by molar-refractivity contribution is 7.93. The van der Waals surface area contributed by atoms with Crippen molar-refractivity contribution in [3.8, 4) is 11.1 Å². The molecule has 2 amide bonds. The Morgan fingerprint density at radius 2 is 1.97 bits per heavy atom. The van der Waals surface area contributed by atoms with Crippen LogP contribution < -0.4 is 11.1 Å². The predicted octanol–water partition coefficient (Wildman–Crippen LogP) is 2.11.